The fourth-order valence-electron chi connectivity index (χ4n) is 3.60. The van der Waals surface area contributed by atoms with Gasteiger partial charge in [-0.05, 0) is 43.9 Å². The molecule has 1 fully saturated rings. The summed E-state index contributed by atoms with van der Waals surface area (Å²) < 4.78 is 6.12. The highest BCUT2D eigenvalue weighted by molar-refractivity contribution is 5.79. The molecule has 2 heterocycles. The van der Waals surface area contributed by atoms with Crippen molar-refractivity contribution in [1.82, 2.24) is 20.5 Å². The van der Waals surface area contributed by atoms with Crippen molar-refractivity contribution < 1.29 is 4.74 Å². The second-order valence-corrected chi connectivity index (χ2v) is 7.63. The summed E-state index contributed by atoms with van der Waals surface area (Å²) in [7, 11) is 0. The molecular formula is C24H35N5O. The molecule has 1 aromatic heterocycles. The summed E-state index contributed by atoms with van der Waals surface area (Å²) in [5.41, 5.74) is 2.36. The molecule has 1 saturated heterocycles. The quantitative estimate of drug-likeness (QED) is 0.358. The van der Waals surface area contributed by atoms with E-state index in [2.05, 4.69) is 62.8 Å². The summed E-state index contributed by atoms with van der Waals surface area (Å²) in [4.78, 5) is 11.4. The molecule has 0 saturated carbocycles. The van der Waals surface area contributed by atoms with Crippen molar-refractivity contribution in [3.8, 4) is 0 Å². The fourth-order valence-corrected chi connectivity index (χ4v) is 3.60. The summed E-state index contributed by atoms with van der Waals surface area (Å²) >= 11 is 0. The van der Waals surface area contributed by atoms with Crippen LogP contribution in [-0.2, 0) is 17.8 Å². The van der Waals surface area contributed by atoms with E-state index in [4.69, 9.17) is 4.74 Å². The van der Waals surface area contributed by atoms with Gasteiger partial charge in [0.05, 0.1) is 18.3 Å². The number of hydrogen-bond acceptors (Lipinski definition) is 4. The molecule has 1 aliphatic heterocycles. The molecule has 0 amide bonds. The Kier molecular flexibility index (Phi) is 9.63. The molecule has 0 bridgehead atoms. The first kappa shape index (κ1) is 22.2. The molecule has 1 aliphatic rings. The maximum absolute atomic E-state index is 6.12. The van der Waals surface area contributed by atoms with E-state index < -0.39 is 0 Å². The molecule has 1 aromatic carbocycles. The van der Waals surface area contributed by atoms with Gasteiger partial charge < -0.3 is 15.4 Å². The average Bonchev–Trinajstić information content (AvgIpc) is 2.79. The molecule has 0 spiro atoms. The van der Waals surface area contributed by atoms with Crippen LogP contribution in [0.15, 0.2) is 59.7 Å². The van der Waals surface area contributed by atoms with Gasteiger partial charge in [-0.2, -0.15) is 0 Å². The summed E-state index contributed by atoms with van der Waals surface area (Å²) in [5, 5.41) is 6.67. The average molecular weight is 410 g/mol. The Labute approximate surface area is 180 Å². The maximum atomic E-state index is 6.12. The molecule has 2 aromatic rings. The van der Waals surface area contributed by atoms with Crippen molar-refractivity contribution in [3.63, 3.8) is 0 Å². The second-order valence-electron chi connectivity index (χ2n) is 7.63. The van der Waals surface area contributed by atoms with Crippen molar-refractivity contribution in [1.29, 1.82) is 0 Å². The SMILES string of the molecule is CCNC(=NCc1ccccn1)NCCCOC1CCN(Cc2ccccc2)CC1. The minimum absolute atomic E-state index is 0.392. The minimum Gasteiger partial charge on any atom is -0.378 e. The maximum Gasteiger partial charge on any atom is 0.191 e. The van der Waals surface area contributed by atoms with Gasteiger partial charge in [-0.25, -0.2) is 4.99 Å². The molecule has 0 atom stereocenters. The lowest BCUT2D eigenvalue weighted by molar-refractivity contribution is 0.00534. The number of aromatic nitrogens is 1. The third-order valence-corrected chi connectivity index (χ3v) is 5.22. The number of ether oxygens (including phenoxy) is 1. The van der Waals surface area contributed by atoms with Gasteiger partial charge >= 0.3 is 0 Å². The van der Waals surface area contributed by atoms with E-state index in [0.717, 1.165) is 70.2 Å². The lowest BCUT2D eigenvalue weighted by atomic mass is 10.1. The molecule has 30 heavy (non-hydrogen) atoms. The minimum atomic E-state index is 0.392. The van der Waals surface area contributed by atoms with Gasteiger partial charge in [0.15, 0.2) is 5.96 Å². The van der Waals surface area contributed by atoms with E-state index in [9.17, 15) is 0 Å². The Morgan fingerprint density at radius 1 is 1.10 bits per heavy atom. The summed E-state index contributed by atoms with van der Waals surface area (Å²) in [5.74, 6) is 0.831. The molecule has 0 aliphatic carbocycles. The summed E-state index contributed by atoms with van der Waals surface area (Å²) in [6, 6.07) is 16.6. The predicted molar refractivity (Wildman–Crippen MR) is 122 cm³/mol. The van der Waals surface area contributed by atoms with E-state index in [0.29, 0.717) is 12.6 Å². The lowest BCUT2D eigenvalue weighted by Crippen LogP contribution is -2.38. The highest BCUT2D eigenvalue weighted by atomic mass is 16.5. The summed E-state index contributed by atoms with van der Waals surface area (Å²) in [6.07, 6.45) is 5.40. The zero-order valence-electron chi connectivity index (χ0n) is 18.1. The Balaban J connectivity index is 1.28. The number of pyridine rings is 1. The van der Waals surface area contributed by atoms with Crippen LogP contribution >= 0.6 is 0 Å². The Morgan fingerprint density at radius 3 is 2.63 bits per heavy atom. The zero-order chi connectivity index (χ0) is 20.9. The van der Waals surface area contributed by atoms with Crippen LogP contribution in [0, 0.1) is 0 Å². The van der Waals surface area contributed by atoms with E-state index in [-0.39, 0.29) is 0 Å². The molecule has 3 rings (SSSR count). The molecular weight excluding hydrogens is 374 g/mol. The van der Waals surface area contributed by atoms with E-state index in [1.807, 2.05) is 18.2 Å². The number of hydrogen-bond donors (Lipinski definition) is 2. The standard InChI is InChI=1S/C24H35N5O/c1-2-25-24(28-19-22-11-6-7-14-26-22)27-15-8-18-30-23-12-16-29(17-13-23)20-21-9-4-3-5-10-21/h3-7,9-11,14,23H,2,8,12-13,15-20H2,1H3,(H2,25,27,28). The first-order valence-electron chi connectivity index (χ1n) is 11.1. The highest BCUT2D eigenvalue weighted by Gasteiger charge is 2.19. The molecule has 0 radical (unpaired) electrons. The summed E-state index contributed by atoms with van der Waals surface area (Å²) in [6.45, 7) is 8.40. The highest BCUT2D eigenvalue weighted by Crippen LogP contribution is 2.16. The predicted octanol–water partition coefficient (Wildman–Crippen LogP) is 3.21. The van der Waals surface area contributed by atoms with Gasteiger partial charge in [0.1, 0.15) is 0 Å². The number of rotatable bonds is 10. The van der Waals surface area contributed by atoms with Gasteiger partial charge in [0, 0.05) is 45.5 Å². The Morgan fingerprint density at radius 2 is 1.90 bits per heavy atom. The van der Waals surface area contributed by atoms with Gasteiger partial charge in [-0.3, -0.25) is 9.88 Å². The van der Waals surface area contributed by atoms with Crippen molar-refractivity contribution in [2.75, 3.05) is 32.8 Å². The van der Waals surface area contributed by atoms with Crippen LogP contribution in [0.1, 0.15) is 37.4 Å². The van der Waals surface area contributed by atoms with Crippen LogP contribution in [0.25, 0.3) is 0 Å². The van der Waals surface area contributed by atoms with Gasteiger partial charge in [-0.1, -0.05) is 36.4 Å². The van der Waals surface area contributed by atoms with Crippen molar-refractivity contribution in [2.45, 2.75) is 45.4 Å². The van der Waals surface area contributed by atoms with Gasteiger partial charge in [0.25, 0.3) is 0 Å². The van der Waals surface area contributed by atoms with E-state index in [1.165, 1.54) is 5.56 Å². The molecule has 2 N–H and O–H groups in total. The van der Waals surface area contributed by atoms with Gasteiger partial charge in [0.2, 0.25) is 0 Å². The number of benzene rings is 1. The van der Waals surface area contributed by atoms with Crippen LogP contribution in [0.5, 0.6) is 0 Å². The Hall–Kier alpha value is -2.44. The van der Waals surface area contributed by atoms with Gasteiger partial charge in [-0.15, -0.1) is 0 Å². The third kappa shape index (κ3) is 8.13. The number of nitrogens with one attached hydrogen (secondary N) is 2. The second kappa shape index (κ2) is 13.0. The molecule has 6 nitrogen and oxygen atoms in total. The largest absolute Gasteiger partial charge is 0.378 e. The lowest BCUT2D eigenvalue weighted by Gasteiger charge is -2.32. The normalized spacial score (nSPS) is 15.8. The molecule has 0 unspecified atom stereocenters. The van der Waals surface area contributed by atoms with E-state index >= 15 is 0 Å². The fraction of sp³-hybridized carbons (Fsp3) is 0.500. The van der Waals surface area contributed by atoms with Crippen LogP contribution in [0.3, 0.4) is 0 Å². The van der Waals surface area contributed by atoms with Crippen LogP contribution in [0.2, 0.25) is 0 Å². The monoisotopic (exact) mass is 409 g/mol. The first-order valence-corrected chi connectivity index (χ1v) is 11.1. The third-order valence-electron chi connectivity index (χ3n) is 5.22. The van der Waals surface area contributed by atoms with Crippen molar-refractivity contribution in [3.05, 3.63) is 66.0 Å². The number of nitrogens with zero attached hydrogens (tertiary/aromatic N) is 3. The van der Waals surface area contributed by atoms with E-state index in [1.54, 1.807) is 6.20 Å². The zero-order valence-corrected chi connectivity index (χ0v) is 18.1. The van der Waals surface area contributed by atoms with Crippen LogP contribution in [0.4, 0.5) is 0 Å². The number of guanidine groups is 1. The molecule has 162 valence electrons. The molecule has 6 heteroatoms. The first-order chi connectivity index (χ1) is 14.8. The van der Waals surface area contributed by atoms with Crippen molar-refractivity contribution >= 4 is 5.96 Å². The van der Waals surface area contributed by atoms with Crippen LogP contribution < -0.4 is 10.6 Å². The Bertz CT molecular complexity index is 730. The van der Waals surface area contributed by atoms with Crippen molar-refractivity contribution in [2.24, 2.45) is 4.99 Å². The number of piperidine rings is 1. The topological polar surface area (TPSA) is 61.8 Å². The smallest absolute Gasteiger partial charge is 0.191 e. The number of aliphatic imine (C=N–C) groups is 1. The number of likely N-dealkylation sites (tertiary alicyclic amines) is 1. The van der Waals surface area contributed by atoms with Crippen LogP contribution in [-0.4, -0.2) is 54.7 Å².